The number of nitrogens with zero attached hydrogens (tertiary/aromatic N) is 3. The molecule has 1 N–H and O–H groups in total. The molecule has 136 valence electrons. The number of nitrogens with one attached hydrogen (secondary N) is 1. The van der Waals surface area contributed by atoms with Gasteiger partial charge in [0.15, 0.2) is 0 Å². The van der Waals surface area contributed by atoms with E-state index in [4.69, 9.17) is 9.15 Å². The van der Waals surface area contributed by atoms with E-state index in [1.165, 1.54) is 30.4 Å². The van der Waals surface area contributed by atoms with Gasteiger partial charge in [0.1, 0.15) is 5.75 Å². The van der Waals surface area contributed by atoms with Crippen LogP contribution < -0.4 is 10.1 Å². The summed E-state index contributed by atoms with van der Waals surface area (Å²) in [5.74, 6) is 0.352. The van der Waals surface area contributed by atoms with Crippen LogP contribution in [0.15, 0.2) is 59.0 Å². The smallest absolute Gasteiger partial charge is 0.322 e. The van der Waals surface area contributed by atoms with E-state index in [1.807, 2.05) is 0 Å². The molecule has 0 aliphatic carbocycles. The van der Waals surface area contributed by atoms with Gasteiger partial charge < -0.3 is 9.15 Å². The first-order chi connectivity index (χ1) is 13.0. The zero-order valence-corrected chi connectivity index (χ0v) is 14.2. The normalized spacial score (nSPS) is 10.7. The Hall–Kier alpha value is -4.01. The number of benzene rings is 2. The standard InChI is InChI=1S/C18H14N4O5/c1-26-15-7-3-5-13(11-15)17-20-21-18(27-17)19-16(23)9-8-12-4-2-6-14(10-12)22(24)25/h2-11H,1H3,(H,19,21,23). The highest BCUT2D eigenvalue weighted by Gasteiger charge is 2.11. The molecule has 3 rings (SSSR count). The van der Waals surface area contributed by atoms with E-state index in [9.17, 15) is 14.9 Å². The first kappa shape index (κ1) is 17.8. The van der Waals surface area contributed by atoms with Crippen LogP contribution >= 0.6 is 0 Å². The van der Waals surface area contributed by atoms with Crippen molar-refractivity contribution < 1.29 is 18.9 Å². The molecular weight excluding hydrogens is 352 g/mol. The number of hydrogen-bond donors (Lipinski definition) is 1. The molecule has 0 aliphatic rings. The van der Waals surface area contributed by atoms with Gasteiger partial charge in [-0.15, -0.1) is 5.10 Å². The average Bonchev–Trinajstić information content (AvgIpc) is 3.15. The van der Waals surface area contributed by atoms with Crippen LogP contribution in [-0.4, -0.2) is 28.1 Å². The SMILES string of the molecule is COc1cccc(-c2nnc(NC(=O)C=Cc3cccc([N+](=O)[O-])c3)o2)c1. The summed E-state index contributed by atoms with van der Waals surface area (Å²) >= 11 is 0. The van der Waals surface area contributed by atoms with Crippen LogP contribution in [0.1, 0.15) is 5.56 Å². The molecule has 1 amide bonds. The second-order valence-electron chi connectivity index (χ2n) is 5.32. The lowest BCUT2D eigenvalue weighted by atomic mass is 10.2. The Morgan fingerprint density at radius 1 is 1.22 bits per heavy atom. The Bertz CT molecular complexity index is 1010. The third-order valence-corrected chi connectivity index (χ3v) is 3.48. The second-order valence-corrected chi connectivity index (χ2v) is 5.32. The first-order valence-electron chi connectivity index (χ1n) is 7.76. The molecule has 1 aromatic heterocycles. The minimum absolute atomic E-state index is 0.0580. The van der Waals surface area contributed by atoms with Crippen molar-refractivity contribution in [3.63, 3.8) is 0 Å². The number of carbonyl (C=O) groups is 1. The Morgan fingerprint density at radius 2 is 2.04 bits per heavy atom. The molecule has 2 aromatic carbocycles. The van der Waals surface area contributed by atoms with Crippen LogP contribution in [0.5, 0.6) is 5.75 Å². The lowest BCUT2D eigenvalue weighted by Crippen LogP contribution is -2.07. The van der Waals surface area contributed by atoms with E-state index < -0.39 is 10.8 Å². The van der Waals surface area contributed by atoms with E-state index in [0.717, 1.165) is 0 Å². The molecule has 0 spiro atoms. The molecule has 0 saturated carbocycles. The van der Waals surface area contributed by atoms with Gasteiger partial charge >= 0.3 is 6.01 Å². The molecule has 0 atom stereocenters. The van der Waals surface area contributed by atoms with E-state index in [1.54, 1.807) is 37.4 Å². The highest BCUT2D eigenvalue weighted by molar-refractivity contribution is 6.00. The van der Waals surface area contributed by atoms with Crippen LogP contribution in [0.2, 0.25) is 0 Å². The average molecular weight is 366 g/mol. The fraction of sp³-hybridized carbons (Fsp3) is 0.0556. The number of methoxy groups -OCH3 is 1. The summed E-state index contributed by atoms with van der Waals surface area (Å²) in [6.07, 6.45) is 2.66. The Kier molecular flexibility index (Phi) is 5.22. The number of hydrogen-bond acceptors (Lipinski definition) is 7. The highest BCUT2D eigenvalue weighted by atomic mass is 16.6. The molecule has 27 heavy (non-hydrogen) atoms. The fourth-order valence-electron chi connectivity index (χ4n) is 2.21. The third-order valence-electron chi connectivity index (χ3n) is 3.48. The van der Waals surface area contributed by atoms with Crippen molar-refractivity contribution in [3.05, 3.63) is 70.3 Å². The van der Waals surface area contributed by atoms with Crippen LogP contribution in [0.4, 0.5) is 11.7 Å². The molecule has 3 aromatic rings. The summed E-state index contributed by atoms with van der Waals surface area (Å²) in [5.41, 5.74) is 1.11. The van der Waals surface area contributed by atoms with Crippen molar-refractivity contribution in [3.8, 4) is 17.2 Å². The number of amides is 1. The van der Waals surface area contributed by atoms with E-state index >= 15 is 0 Å². The van der Waals surface area contributed by atoms with Crippen molar-refractivity contribution in [1.82, 2.24) is 10.2 Å². The number of anilines is 1. The predicted octanol–water partition coefficient (Wildman–Crippen LogP) is 3.31. The van der Waals surface area contributed by atoms with Gasteiger partial charge in [-0.25, -0.2) is 0 Å². The van der Waals surface area contributed by atoms with E-state index in [0.29, 0.717) is 16.9 Å². The van der Waals surface area contributed by atoms with Gasteiger partial charge in [0.25, 0.3) is 11.6 Å². The second kappa shape index (κ2) is 7.91. The Labute approximate surface area is 153 Å². The Balaban J connectivity index is 1.67. The van der Waals surface area contributed by atoms with Crippen LogP contribution in [-0.2, 0) is 4.79 Å². The van der Waals surface area contributed by atoms with Crippen molar-refractivity contribution in [2.24, 2.45) is 0 Å². The predicted molar refractivity (Wildman–Crippen MR) is 97.0 cm³/mol. The number of non-ortho nitro benzene ring substituents is 1. The molecule has 0 fully saturated rings. The van der Waals surface area contributed by atoms with Gasteiger partial charge in [-0.3, -0.25) is 20.2 Å². The maximum atomic E-state index is 12.0. The quantitative estimate of drug-likeness (QED) is 0.403. The number of nitro benzene ring substituents is 1. The lowest BCUT2D eigenvalue weighted by Gasteiger charge is -2.00. The molecule has 9 nitrogen and oxygen atoms in total. The lowest BCUT2D eigenvalue weighted by molar-refractivity contribution is -0.384. The first-order valence-corrected chi connectivity index (χ1v) is 7.76. The topological polar surface area (TPSA) is 120 Å². The third kappa shape index (κ3) is 4.54. The summed E-state index contributed by atoms with van der Waals surface area (Å²) in [7, 11) is 1.55. The van der Waals surface area contributed by atoms with E-state index in [-0.39, 0.29) is 17.6 Å². The fourth-order valence-corrected chi connectivity index (χ4v) is 2.21. The van der Waals surface area contributed by atoms with Gasteiger partial charge in [0.05, 0.1) is 12.0 Å². The highest BCUT2D eigenvalue weighted by Crippen LogP contribution is 2.23. The molecule has 0 unspecified atom stereocenters. The van der Waals surface area contributed by atoms with E-state index in [2.05, 4.69) is 15.5 Å². The summed E-state index contributed by atoms with van der Waals surface area (Å²) in [5, 5.41) is 20.8. The molecule has 0 aliphatic heterocycles. The van der Waals surface area contributed by atoms with Crippen molar-refractivity contribution in [2.75, 3.05) is 12.4 Å². The van der Waals surface area contributed by atoms with Crippen molar-refractivity contribution in [1.29, 1.82) is 0 Å². The van der Waals surface area contributed by atoms with Crippen molar-refractivity contribution in [2.45, 2.75) is 0 Å². The minimum atomic E-state index is -0.512. The number of nitro groups is 1. The molecule has 0 saturated heterocycles. The van der Waals surface area contributed by atoms with Crippen LogP contribution in [0.3, 0.4) is 0 Å². The molecule has 0 bridgehead atoms. The number of ether oxygens (including phenoxy) is 1. The summed E-state index contributed by atoms with van der Waals surface area (Å²) < 4.78 is 10.5. The van der Waals surface area contributed by atoms with Gasteiger partial charge in [0.2, 0.25) is 5.89 Å². The zero-order valence-electron chi connectivity index (χ0n) is 14.2. The van der Waals surface area contributed by atoms with Crippen LogP contribution in [0.25, 0.3) is 17.5 Å². The molecule has 0 radical (unpaired) electrons. The monoisotopic (exact) mass is 366 g/mol. The van der Waals surface area contributed by atoms with Crippen molar-refractivity contribution >= 4 is 23.7 Å². The largest absolute Gasteiger partial charge is 0.497 e. The molecule has 1 heterocycles. The number of rotatable bonds is 6. The zero-order chi connectivity index (χ0) is 19.2. The Morgan fingerprint density at radius 3 is 2.81 bits per heavy atom. The maximum Gasteiger partial charge on any atom is 0.322 e. The summed E-state index contributed by atoms with van der Waals surface area (Å²) in [6, 6.07) is 12.9. The molecule has 9 heteroatoms. The van der Waals surface area contributed by atoms with Crippen LogP contribution in [0, 0.1) is 10.1 Å². The molecular formula is C18H14N4O5. The maximum absolute atomic E-state index is 12.0. The van der Waals surface area contributed by atoms with Gasteiger partial charge in [-0.05, 0) is 29.8 Å². The summed E-state index contributed by atoms with van der Waals surface area (Å²) in [6.45, 7) is 0. The number of carbonyl (C=O) groups excluding carboxylic acids is 1. The van der Waals surface area contributed by atoms with Gasteiger partial charge in [0, 0.05) is 23.8 Å². The minimum Gasteiger partial charge on any atom is -0.497 e. The van der Waals surface area contributed by atoms with Gasteiger partial charge in [-0.2, -0.15) is 0 Å². The van der Waals surface area contributed by atoms with Gasteiger partial charge in [-0.1, -0.05) is 23.3 Å². The summed E-state index contributed by atoms with van der Waals surface area (Å²) in [4.78, 5) is 22.2. The number of aromatic nitrogens is 2.